The number of fused-ring (bicyclic) bond motifs is 12. The summed E-state index contributed by atoms with van der Waals surface area (Å²) in [5, 5.41) is 2.51. The van der Waals surface area contributed by atoms with Gasteiger partial charge in [-0.2, -0.15) is 0 Å². The molecule has 0 saturated heterocycles. The minimum atomic E-state index is -0.462. The Morgan fingerprint density at radius 1 is 0.323 bits per heavy atom. The van der Waals surface area contributed by atoms with Gasteiger partial charge in [-0.05, 0) is 149 Å². The van der Waals surface area contributed by atoms with Crippen molar-refractivity contribution in [1.29, 1.82) is 0 Å². The van der Waals surface area contributed by atoms with E-state index < -0.39 is 5.41 Å². The first-order chi connectivity index (χ1) is 30.2. The molecule has 1 spiro atoms. The maximum Gasteiger partial charge on any atom is 0.0726 e. The van der Waals surface area contributed by atoms with Crippen molar-refractivity contribution < 1.29 is 0 Å². The second-order valence-electron chi connectivity index (χ2n) is 19.1. The zero-order valence-electron chi connectivity index (χ0n) is 35.9. The van der Waals surface area contributed by atoms with Crippen molar-refractivity contribution in [2.45, 2.75) is 56.8 Å². The molecule has 3 aliphatic carbocycles. The summed E-state index contributed by atoms with van der Waals surface area (Å²) < 4.78 is 0. The first-order valence-electron chi connectivity index (χ1n) is 22.3. The van der Waals surface area contributed by atoms with Gasteiger partial charge in [-0.3, -0.25) is 0 Å². The maximum atomic E-state index is 2.57. The van der Waals surface area contributed by atoms with Crippen molar-refractivity contribution >= 4 is 27.8 Å². The first-order valence-corrected chi connectivity index (χ1v) is 22.3. The van der Waals surface area contributed by atoms with E-state index in [0.717, 1.165) is 11.4 Å². The van der Waals surface area contributed by atoms with E-state index in [1.807, 2.05) is 0 Å². The zero-order chi connectivity index (χ0) is 41.8. The van der Waals surface area contributed by atoms with Crippen LogP contribution in [0.4, 0.5) is 17.1 Å². The van der Waals surface area contributed by atoms with E-state index in [1.165, 1.54) is 107 Å². The Morgan fingerprint density at radius 2 is 0.839 bits per heavy atom. The predicted octanol–water partition coefficient (Wildman–Crippen LogP) is 16.3. The molecule has 0 aliphatic heterocycles. The van der Waals surface area contributed by atoms with Crippen molar-refractivity contribution in [2.75, 3.05) is 4.90 Å². The molecule has 1 nitrogen and oxygen atoms in total. The lowest BCUT2D eigenvalue weighted by Crippen LogP contribution is -2.33. The molecule has 0 fully saturated rings. The molecule has 0 atom stereocenters. The predicted molar refractivity (Wildman–Crippen MR) is 261 cm³/mol. The van der Waals surface area contributed by atoms with Gasteiger partial charge in [0, 0.05) is 16.9 Å². The van der Waals surface area contributed by atoms with Gasteiger partial charge in [0.05, 0.1) is 11.1 Å². The molecule has 0 unspecified atom stereocenters. The Kier molecular flexibility index (Phi) is 8.04. The molecule has 62 heavy (non-hydrogen) atoms. The average molecular weight is 796 g/mol. The van der Waals surface area contributed by atoms with Crippen molar-refractivity contribution in [3.8, 4) is 44.5 Å². The van der Waals surface area contributed by atoms with Crippen LogP contribution >= 0.6 is 0 Å². The van der Waals surface area contributed by atoms with Crippen LogP contribution in [0, 0.1) is 0 Å². The average Bonchev–Trinajstić information content (AvgIpc) is 3.77. The molecular weight excluding hydrogens is 747 g/mol. The van der Waals surface area contributed by atoms with E-state index in [2.05, 4.69) is 233 Å². The molecule has 0 aromatic heterocycles. The molecule has 12 rings (SSSR count). The van der Waals surface area contributed by atoms with E-state index in [4.69, 9.17) is 0 Å². The maximum absolute atomic E-state index is 2.57. The fraction of sp³-hybridized carbons (Fsp3) is 0.148. The van der Waals surface area contributed by atoms with Gasteiger partial charge in [0.2, 0.25) is 0 Å². The summed E-state index contributed by atoms with van der Waals surface area (Å²) in [6.07, 6.45) is 2.36. The smallest absolute Gasteiger partial charge is 0.0726 e. The van der Waals surface area contributed by atoms with Crippen LogP contribution in [0.5, 0.6) is 0 Å². The third kappa shape index (κ3) is 5.34. The van der Waals surface area contributed by atoms with Crippen molar-refractivity contribution in [1.82, 2.24) is 0 Å². The summed E-state index contributed by atoms with van der Waals surface area (Å²) in [4.78, 5) is 2.51. The number of anilines is 3. The molecule has 1 heteroatoms. The van der Waals surface area contributed by atoms with Gasteiger partial charge in [0.25, 0.3) is 0 Å². The monoisotopic (exact) mass is 795 g/mol. The third-order valence-electron chi connectivity index (χ3n) is 14.7. The quantitative estimate of drug-likeness (QED) is 0.168. The van der Waals surface area contributed by atoms with Crippen LogP contribution in [0.15, 0.2) is 200 Å². The Balaban J connectivity index is 1.15. The van der Waals surface area contributed by atoms with E-state index in [1.54, 1.807) is 0 Å². The fourth-order valence-corrected chi connectivity index (χ4v) is 11.5. The standard InChI is InChI=1S/C61H49N/c1-59(2)34-35-60(3,4)57-37-44(30-33-55(57)59)50-38-51-49-22-12-15-25-54(49)61(52-23-13-10-20-47(52)48-21-11-14-24-53(48)61)56(51)39-58(50)62(45-18-6-5-7-19-45)46-31-28-41(29-32-46)43-27-26-40-16-8-9-17-42(40)36-43/h5-33,36-39H,34-35H2,1-4H3. The topological polar surface area (TPSA) is 3.24 Å². The number of benzene rings is 9. The molecule has 0 heterocycles. The summed E-state index contributed by atoms with van der Waals surface area (Å²) in [6, 6.07) is 75.6. The molecular formula is C61H49N. The van der Waals surface area contributed by atoms with Gasteiger partial charge in [0.1, 0.15) is 0 Å². The lowest BCUT2D eigenvalue weighted by atomic mass is 9.63. The third-order valence-corrected chi connectivity index (χ3v) is 14.7. The van der Waals surface area contributed by atoms with E-state index >= 15 is 0 Å². The van der Waals surface area contributed by atoms with Gasteiger partial charge in [-0.15, -0.1) is 0 Å². The number of rotatable bonds is 5. The molecule has 0 radical (unpaired) electrons. The number of nitrogens with zero attached hydrogens (tertiary/aromatic N) is 1. The summed E-state index contributed by atoms with van der Waals surface area (Å²) >= 11 is 0. The zero-order valence-corrected chi connectivity index (χ0v) is 35.9. The Morgan fingerprint density at radius 3 is 1.50 bits per heavy atom. The van der Waals surface area contributed by atoms with Crippen LogP contribution in [0.3, 0.4) is 0 Å². The lowest BCUT2D eigenvalue weighted by molar-refractivity contribution is 0.332. The fourth-order valence-electron chi connectivity index (χ4n) is 11.5. The van der Waals surface area contributed by atoms with Crippen molar-refractivity contribution in [2.24, 2.45) is 0 Å². The number of hydrogen-bond donors (Lipinski definition) is 0. The summed E-state index contributed by atoms with van der Waals surface area (Å²) in [6.45, 7) is 9.73. The van der Waals surface area contributed by atoms with E-state index in [-0.39, 0.29) is 10.8 Å². The minimum Gasteiger partial charge on any atom is -0.310 e. The van der Waals surface area contributed by atoms with Crippen molar-refractivity contribution in [3.05, 3.63) is 234 Å². The summed E-state index contributed by atoms with van der Waals surface area (Å²) in [5.41, 5.74) is 21.7. The van der Waals surface area contributed by atoms with Crippen LogP contribution in [0.25, 0.3) is 55.3 Å². The molecule has 3 aliphatic rings. The van der Waals surface area contributed by atoms with Gasteiger partial charge in [-0.25, -0.2) is 0 Å². The molecule has 9 aromatic carbocycles. The van der Waals surface area contributed by atoms with Crippen LogP contribution in [-0.4, -0.2) is 0 Å². The van der Waals surface area contributed by atoms with Crippen molar-refractivity contribution in [3.63, 3.8) is 0 Å². The Bertz CT molecular complexity index is 3190. The second-order valence-corrected chi connectivity index (χ2v) is 19.1. The summed E-state index contributed by atoms with van der Waals surface area (Å²) in [5.74, 6) is 0. The lowest BCUT2D eigenvalue weighted by Gasteiger charge is -2.42. The highest BCUT2D eigenvalue weighted by atomic mass is 15.1. The van der Waals surface area contributed by atoms with Crippen LogP contribution in [0.2, 0.25) is 0 Å². The molecule has 9 aromatic rings. The van der Waals surface area contributed by atoms with Crippen LogP contribution < -0.4 is 4.90 Å². The first kappa shape index (κ1) is 36.9. The van der Waals surface area contributed by atoms with Gasteiger partial charge < -0.3 is 4.90 Å². The SMILES string of the molecule is CC1(C)CCC(C)(C)c2cc(-c3cc4c(cc3N(c3ccccc3)c3ccc(-c5ccc6ccccc6c5)cc3)C3(c5ccccc5-c5ccccc53)c3ccccc3-4)ccc21. The molecule has 0 amide bonds. The van der Waals surface area contributed by atoms with Gasteiger partial charge in [0.15, 0.2) is 0 Å². The number of para-hydroxylation sites is 1. The highest BCUT2D eigenvalue weighted by Crippen LogP contribution is 2.64. The molecule has 0 saturated carbocycles. The van der Waals surface area contributed by atoms with E-state index in [0.29, 0.717) is 0 Å². The summed E-state index contributed by atoms with van der Waals surface area (Å²) in [7, 11) is 0. The Labute approximate surface area is 366 Å². The normalized spacial score (nSPS) is 15.7. The Hall–Kier alpha value is -6.96. The van der Waals surface area contributed by atoms with Crippen LogP contribution in [-0.2, 0) is 16.2 Å². The van der Waals surface area contributed by atoms with Crippen LogP contribution in [0.1, 0.15) is 73.9 Å². The highest BCUT2D eigenvalue weighted by Gasteiger charge is 2.52. The largest absolute Gasteiger partial charge is 0.310 e. The van der Waals surface area contributed by atoms with E-state index in [9.17, 15) is 0 Å². The molecule has 0 bridgehead atoms. The highest BCUT2D eigenvalue weighted by molar-refractivity contribution is 6.00. The number of hydrogen-bond acceptors (Lipinski definition) is 1. The van der Waals surface area contributed by atoms with Gasteiger partial charge in [-0.1, -0.05) is 185 Å². The van der Waals surface area contributed by atoms with Gasteiger partial charge >= 0.3 is 0 Å². The molecule has 298 valence electrons. The second kappa shape index (κ2) is 13.5. The minimum absolute atomic E-state index is 0.0728. The molecule has 0 N–H and O–H groups in total.